The number of nitrogens with zero attached hydrogens (tertiary/aromatic N) is 1. The Morgan fingerprint density at radius 1 is 1.27 bits per heavy atom. The molecule has 0 fully saturated rings. The van der Waals surface area contributed by atoms with Crippen molar-refractivity contribution in [2.24, 2.45) is 5.14 Å². The average Bonchev–Trinajstić information content (AvgIpc) is 2.52. The molecule has 1 aliphatic rings. The Kier molecular flexibility index (Phi) is 4.00. The van der Waals surface area contributed by atoms with Crippen molar-refractivity contribution in [1.82, 2.24) is 4.98 Å². The third kappa shape index (κ3) is 3.05. The van der Waals surface area contributed by atoms with Crippen molar-refractivity contribution >= 4 is 15.8 Å². The number of rotatable bonds is 4. The maximum absolute atomic E-state index is 11.6. The van der Waals surface area contributed by atoms with Gasteiger partial charge in [0, 0.05) is 18.7 Å². The Morgan fingerprint density at radius 3 is 2.91 bits per heavy atom. The van der Waals surface area contributed by atoms with Gasteiger partial charge >= 0.3 is 0 Å². The van der Waals surface area contributed by atoms with Crippen LogP contribution in [0.25, 0.3) is 0 Å². The third-order valence-electron chi connectivity index (χ3n) is 3.68. The SMILES string of the molecule is NS(=O)(=O)c1cccnc1NCC1CCOc2ccccc21. The number of fused-ring (bicyclic) bond motifs is 1. The number of aromatic nitrogens is 1. The van der Waals surface area contributed by atoms with Crippen LogP contribution in [0.3, 0.4) is 0 Å². The maximum Gasteiger partial charge on any atom is 0.241 e. The molecular weight excluding hydrogens is 302 g/mol. The summed E-state index contributed by atoms with van der Waals surface area (Å²) in [6, 6.07) is 10.9. The summed E-state index contributed by atoms with van der Waals surface area (Å²) < 4.78 is 28.8. The zero-order chi connectivity index (χ0) is 15.6. The number of hydrogen-bond donors (Lipinski definition) is 2. The van der Waals surface area contributed by atoms with E-state index in [1.165, 1.54) is 12.3 Å². The van der Waals surface area contributed by atoms with E-state index in [1.54, 1.807) is 6.07 Å². The summed E-state index contributed by atoms with van der Waals surface area (Å²) in [5.74, 6) is 1.41. The van der Waals surface area contributed by atoms with Crippen molar-refractivity contribution in [1.29, 1.82) is 0 Å². The fourth-order valence-corrected chi connectivity index (χ4v) is 3.26. The molecule has 1 aliphatic heterocycles. The van der Waals surface area contributed by atoms with E-state index in [4.69, 9.17) is 9.88 Å². The highest BCUT2D eigenvalue weighted by Crippen LogP contribution is 2.33. The molecule has 0 saturated heterocycles. The van der Waals surface area contributed by atoms with Gasteiger partial charge in [0.1, 0.15) is 16.5 Å². The normalized spacial score (nSPS) is 17.4. The molecular formula is C15H17N3O3S. The molecule has 1 aromatic heterocycles. The van der Waals surface area contributed by atoms with Crippen molar-refractivity contribution in [2.75, 3.05) is 18.5 Å². The molecule has 0 saturated carbocycles. The first kappa shape index (κ1) is 14.8. The number of benzene rings is 1. The molecule has 1 aromatic carbocycles. The monoisotopic (exact) mass is 319 g/mol. The van der Waals surface area contributed by atoms with Crippen molar-refractivity contribution in [3.8, 4) is 5.75 Å². The van der Waals surface area contributed by atoms with E-state index in [9.17, 15) is 8.42 Å². The summed E-state index contributed by atoms with van der Waals surface area (Å²) in [5, 5.41) is 8.32. The Hall–Kier alpha value is -2.12. The molecule has 2 heterocycles. The smallest absolute Gasteiger partial charge is 0.241 e. The van der Waals surface area contributed by atoms with Crippen LogP contribution in [0.4, 0.5) is 5.82 Å². The Labute approximate surface area is 129 Å². The third-order valence-corrected chi connectivity index (χ3v) is 4.62. The number of primary sulfonamides is 1. The van der Waals surface area contributed by atoms with Gasteiger partial charge in [-0.25, -0.2) is 18.5 Å². The Bertz CT molecular complexity index is 777. The summed E-state index contributed by atoms with van der Waals surface area (Å²) in [6.45, 7) is 1.22. The van der Waals surface area contributed by atoms with Crippen molar-refractivity contribution < 1.29 is 13.2 Å². The number of para-hydroxylation sites is 1. The van der Waals surface area contributed by atoms with Crippen LogP contribution in [0.15, 0.2) is 47.5 Å². The minimum Gasteiger partial charge on any atom is -0.493 e. The lowest BCUT2D eigenvalue weighted by atomic mass is 9.93. The van der Waals surface area contributed by atoms with Gasteiger partial charge in [-0.3, -0.25) is 0 Å². The molecule has 1 unspecified atom stereocenters. The van der Waals surface area contributed by atoms with Crippen LogP contribution in [0.5, 0.6) is 5.75 Å². The van der Waals surface area contributed by atoms with Crippen LogP contribution >= 0.6 is 0 Å². The van der Waals surface area contributed by atoms with Crippen molar-refractivity contribution in [2.45, 2.75) is 17.2 Å². The molecule has 0 radical (unpaired) electrons. The minimum absolute atomic E-state index is 0.00958. The molecule has 22 heavy (non-hydrogen) atoms. The lowest BCUT2D eigenvalue weighted by molar-refractivity contribution is 0.270. The van der Waals surface area contributed by atoms with Crippen LogP contribution < -0.4 is 15.2 Å². The van der Waals surface area contributed by atoms with Gasteiger partial charge in [-0.1, -0.05) is 18.2 Å². The molecule has 7 heteroatoms. The second-order valence-electron chi connectivity index (χ2n) is 5.15. The molecule has 3 rings (SSSR count). The van der Waals surface area contributed by atoms with Crippen LogP contribution in [0, 0.1) is 0 Å². The predicted molar refractivity (Wildman–Crippen MR) is 83.4 cm³/mol. The van der Waals surface area contributed by atoms with Gasteiger partial charge in [-0.2, -0.15) is 0 Å². The first-order chi connectivity index (χ1) is 10.6. The molecule has 116 valence electrons. The molecule has 0 aliphatic carbocycles. The topological polar surface area (TPSA) is 94.3 Å². The second kappa shape index (κ2) is 5.94. The highest BCUT2D eigenvalue weighted by Gasteiger charge is 2.22. The molecule has 2 aromatic rings. The number of hydrogen-bond acceptors (Lipinski definition) is 5. The summed E-state index contributed by atoms with van der Waals surface area (Å²) in [5.41, 5.74) is 1.12. The van der Waals surface area contributed by atoms with Crippen molar-refractivity contribution in [3.63, 3.8) is 0 Å². The maximum atomic E-state index is 11.6. The summed E-state index contributed by atoms with van der Waals surface area (Å²) in [6.07, 6.45) is 2.40. The number of pyridine rings is 1. The first-order valence-corrected chi connectivity index (χ1v) is 8.54. The fraction of sp³-hybridized carbons (Fsp3) is 0.267. The molecule has 0 spiro atoms. The van der Waals surface area contributed by atoms with Gasteiger partial charge in [-0.15, -0.1) is 0 Å². The number of nitrogens with one attached hydrogen (secondary N) is 1. The van der Waals surface area contributed by atoms with Gasteiger partial charge in [0.25, 0.3) is 0 Å². The second-order valence-corrected chi connectivity index (χ2v) is 6.68. The molecule has 3 N–H and O–H groups in total. The van der Waals surface area contributed by atoms with Gasteiger partial charge in [0.15, 0.2) is 0 Å². The van der Waals surface area contributed by atoms with Crippen LogP contribution in [-0.4, -0.2) is 26.6 Å². The van der Waals surface area contributed by atoms with E-state index in [-0.39, 0.29) is 16.6 Å². The van der Waals surface area contributed by atoms with E-state index in [0.717, 1.165) is 17.7 Å². The van der Waals surface area contributed by atoms with E-state index in [1.807, 2.05) is 24.3 Å². The first-order valence-electron chi connectivity index (χ1n) is 6.99. The number of nitrogens with two attached hydrogens (primary N) is 1. The van der Waals surface area contributed by atoms with Crippen LogP contribution in [-0.2, 0) is 10.0 Å². The highest BCUT2D eigenvalue weighted by molar-refractivity contribution is 7.89. The molecule has 6 nitrogen and oxygen atoms in total. The van der Waals surface area contributed by atoms with Gasteiger partial charge < -0.3 is 10.1 Å². The average molecular weight is 319 g/mol. The van der Waals surface area contributed by atoms with E-state index in [0.29, 0.717) is 13.2 Å². The quantitative estimate of drug-likeness (QED) is 0.894. The lowest BCUT2D eigenvalue weighted by Crippen LogP contribution is -2.22. The Balaban J connectivity index is 1.80. The van der Waals surface area contributed by atoms with E-state index in [2.05, 4.69) is 10.3 Å². The van der Waals surface area contributed by atoms with Crippen LogP contribution in [0.2, 0.25) is 0 Å². The number of anilines is 1. The standard InChI is InChI=1S/C15H17N3O3S/c16-22(19,20)14-6-3-8-17-15(14)18-10-11-7-9-21-13-5-2-1-4-12(11)13/h1-6,8,11H,7,9-10H2,(H,17,18)(H2,16,19,20). The highest BCUT2D eigenvalue weighted by atomic mass is 32.2. The lowest BCUT2D eigenvalue weighted by Gasteiger charge is -2.26. The van der Waals surface area contributed by atoms with Crippen molar-refractivity contribution in [3.05, 3.63) is 48.2 Å². The zero-order valence-electron chi connectivity index (χ0n) is 11.9. The van der Waals surface area contributed by atoms with E-state index >= 15 is 0 Å². The Morgan fingerprint density at radius 2 is 2.09 bits per heavy atom. The molecule has 1 atom stereocenters. The summed E-state index contributed by atoms with van der Waals surface area (Å²) in [4.78, 5) is 4.09. The largest absolute Gasteiger partial charge is 0.493 e. The van der Waals surface area contributed by atoms with Crippen LogP contribution in [0.1, 0.15) is 17.9 Å². The summed E-state index contributed by atoms with van der Waals surface area (Å²) in [7, 11) is -3.80. The fourth-order valence-electron chi connectivity index (χ4n) is 2.60. The molecule has 0 amide bonds. The van der Waals surface area contributed by atoms with Gasteiger partial charge in [0.2, 0.25) is 10.0 Å². The predicted octanol–water partition coefficient (Wildman–Crippen LogP) is 1.71. The minimum atomic E-state index is -3.80. The zero-order valence-corrected chi connectivity index (χ0v) is 12.7. The van der Waals surface area contributed by atoms with Gasteiger partial charge in [0.05, 0.1) is 6.61 Å². The molecule has 0 bridgehead atoms. The number of ether oxygens (including phenoxy) is 1. The number of sulfonamides is 1. The van der Waals surface area contributed by atoms with E-state index < -0.39 is 10.0 Å². The van der Waals surface area contributed by atoms with Gasteiger partial charge in [-0.05, 0) is 30.2 Å². The summed E-state index contributed by atoms with van der Waals surface area (Å²) >= 11 is 0.